The zero-order valence-corrected chi connectivity index (χ0v) is 13.8. The molecule has 0 aliphatic heterocycles. The molecule has 1 N–H and O–H groups in total. The van der Waals surface area contributed by atoms with E-state index in [-0.39, 0.29) is 12.5 Å². The van der Waals surface area contributed by atoms with Crippen molar-refractivity contribution in [3.8, 4) is 5.75 Å². The number of anilines is 1. The van der Waals surface area contributed by atoms with Gasteiger partial charge >= 0.3 is 0 Å². The second kappa shape index (κ2) is 7.32. The third-order valence-corrected chi connectivity index (χ3v) is 3.59. The number of halogens is 1. The van der Waals surface area contributed by atoms with Gasteiger partial charge in [0.15, 0.2) is 6.61 Å². The van der Waals surface area contributed by atoms with Crippen molar-refractivity contribution in [1.29, 1.82) is 0 Å². The van der Waals surface area contributed by atoms with E-state index in [1.54, 1.807) is 24.3 Å². The lowest BCUT2D eigenvalue weighted by atomic mass is 9.98. The Kier molecular flexibility index (Phi) is 5.45. The molecule has 0 aliphatic rings. The summed E-state index contributed by atoms with van der Waals surface area (Å²) in [5.41, 5.74) is 3.04. The lowest BCUT2D eigenvalue weighted by Crippen LogP contribution is -2.21. The highest BCUT2D eigenvalue weighted by molar-refractivity contribution is 6.30. The number of hydrogen-bond donors (Lipinski definition) is 1. The zero-order chi connectivity index (χ0) is 16.1. The van der Waals surface area contributed by atoms with E-state index in [9.17, 15) is 4.79 Å². The highest BCUT2D eigenvalue weighted by atomic mass is 35.5. The minimum absolute atomic E-state index is 0.0494. The van der Waals surface area contributed by atoms with Crippen LogP contribution in [0.1, 0.15) is 30.9 Å². The highest BCUT2D eigenvalue weighted by Crippen LogP contribution is 2.27. The van der Waals surface area contributed by atoms with E-state index in [4.69, 9.17) is 16.3 Å². The first-order chi connectivity index (χ1) is 10.5. The summed E-state index contributed by atoms with van der Waals surface area (Å²) in [5, 5.41) is 3.53. The minimum Gasteiger partial charge on any atom is -0.484 e. The molecule has 1 amide bonds. The van der Waals surface area contributed by atoms with Crippen molar-refractivity contribution in [3.05, 3.63) is 58.6 Å². The molecular weight excluding hydrogens is 298 g/mol. The van der Waals surface area contributed by atoms with Crippen LogP contribution in [-0.4, -0.2) is 12.5 Å². The fourth-order valence-corrected chi connectivity index (χ4v) is 2.40. The molecule has 0 aliphatic carbocycles. The molecule has 0 aromatic heterocycles. The van der Waals surface area contributed by atoms with Crippen LogP contribution in [0, 0.1) is 6.92 Å². The Morgan fingerprint density at radius 3 is 2.64 bits per heavy atom. The van der Waals surface area contributed by atoms with E-state index >= 15 is 0 Å². The quantitative estimate of drug-likeness (QED) is 0.861. The molecule has 2 aromatic carbocycles. The average molecular weight is 318 g/mol. The van der Waals surface area contributed by atoms with Crippen molar-refractivity contribution in [1.82, 2.24) is 0 Å². The molecule has 0 saturated carbocycles. The summed E-state index contributed by atoms with van der Waals surface area (Å²) in [6.45, 7) is 6.14. The van der Waals surface area contributed by atoms with Crippen molar-refractivity contribution in [3.63, 3.8) is 0 Å². The van der Waals surface area contributed by atoms with Crippen LogP contribution in [0.4, 0.5) is 5.69 Å². The van der Waals surface area contributed by atoms with E-state index in [0.717, 1.165) is 16.8 Å². The van der Waals surface area contributed by atoms with E-state index in [1.807, 2.05) is 25.1 Å². The second-order valence-electron chi connectivity index (χ2n) is 5.49. The summed E-state index contributed by atoms with van der Waals surface area (Å²) in [4.78, 5) is 12.1. The number of para-hydroxylation sites is 1. The number of carbonyl (C=O) groups excluding carboxylic acids is 1. The third kappa shape index (κ3) is 4.25. The van der Waals surface area contributed by atoms with Crippen LogP contribution in [0.5, 0.6) is 5.75 Å². The molecule has 2 rings (SSSR count). The first-order valence-corrected chi connectivity index (χ1v) is 7.63. The highest BCUT2D eigenvalue weighted by Gasteiger charge is 2.12. The Bertz CT molecular complexity index is 668. The van der Waals surface area contributed by atoms with Crippen molar-refractivity contribution >= 4 is 23.2 Å². The topological polar surface area (TPSA) is 38.3 Å². The van der Waals surface area contributed by atoms with E-state index in [1.165, 1.54) is 0 Å². The van der Waals surface area contributed by atoms with Crippen LogP contribution >= 0.6 is 11.6 Å². The summed E-state index contributed by atoms with van der Waals surface area (Å²) in [6.07, 6.45) is 0. The minimum atomic E-state index is -0.184. The van der Waals surface area contributed by atoms with Gasteiger partial charge in [-0.1, -0.05) is 49.7 Å². The molecule has 0 spiro atoms. The summed E-state index contributed by atoms with van der Waals surface area (Å²) in [7, 11) is 0. The van der Waals surface area contributed by atoms with Crippen LogP contribution in [0.25, 0.3) is 0 Å². The van der Waals surface area contributed by atoms with Crippen molar-refractivity contribution in [2.24, 2.45) is 0 Å². The first kappa shape index (κ1) is 16.4. The molecule has 3 nitrogen and oxygen atoms in total. The van der Waals surface area contributed by atoms with Gasteiger partial charge in [-0.2, -0.15) is 0 Å². The molecule has 0 fully saturated rings. The molecule has 0 atom stereocenters. The summed E-state index contributed by atoms with van der Waals surface area (Å²) < 4.78 is 5.46. The number of hydrogen-bond acceptors (Lipinski definition) is 2. The largest absolute Gasteiger partial charge is 0.484 e. The van der Waals surface area contributed by atoms with Gasteiger partial charge in [-0.15, -0.1) is 0 Å². The lowest BCUT2D eigenvalue weighted by molar-refractivity contribution is -0.118. The number of carbonyl (C=O) groups is 1. The van der Waals surface area contributed by atoms with E-state index in [0.29, 0.717) is 16.7 Å². The standard InChI is InChI=1S/C18H20ClNO2/c1-12(2)16-9-4-6-13(3)18(16)20-17(21)11-22-15-8-5-7-14(19)10-15/h4-10,12H,11H2,1-3H3,(H,20,21). The van der Waals surface area contributed by atoms with Crippen molar-refractivity contribution in [2.45, 2.75) is 26.7 Å². The number of nitrogens with one attached hydrogen (secondary N) is 1. The van der Waals surface area contributed by atoms with Gasteiger partial charge in [-0.05, 0) is 42.2 Å². The van der Waals surface area contributed by atoms with Gasteiger partial charge < -0.3 is 10.1 Å². The molecule has 0 unspecified atom stereocenters. The van der Waals surface area contributed by atoms with Gasteiger partial charge in [-0.3, -0.25) is 4.79 Å². The SMILES string of the molecule is Cc1cccc(C(C)C)c1NC(=O)COc1cccc(Cl)c1. The van der Waals surface area contributed by atoms with Gasteiger partial charge in [0, 0.05) is 10.7 Å². The molecule has 22 heavy (non-hydrogen) atoms. The number of rotatable bonds is 5. The fraction of sp³-hybridized carbons (Fsp3) is 0.278. The molecule has 0 heterocycles. The summed E-state index contributed by atoms with van der Waals surface area (Å²) in [6, 6.07) is 13.0. The Balaban J connectivity index is 2.03. The van der Waals surface area contributed by atoms with Gasteiger partial charge in [0.2, 0.25) is 0 Å². The molecule has 0 bridgehead atoms. The predicted octanol–water partition coefficient (Wildman–Crippen LogP) is 4.79. The number of amides is 1. The Morgan fingerprint density at radius 1 is 1.23 bits per heavy atom. The molecule has 116 valence electrons. The number of benzene rings is 2. The summed E-state index contributed by atoms with van der Waals surface area (Å²) >= 11 is 5.89. The van der Waals surface area contributed by atoms with E-state index in [2.05, 4.69) is 19.2 Å². The average Bonchev–Trinajstić information content (AvgIpc) is 2.47. The lowest BCUT2D eigenvalue weighted by Gasteiger charge is -2.16. The van der Waals surface area contributed by atoms with Gasteiger partial charge in [0.1, 0.15) is 5.75 Å². The summed E-state index contributed by atoms with van der Waals surface area (Å²) in [5.74, 6) is 0.733. The smallest absolute Gasteiger partial charge is 0.262 e. The molecule has 2 aromatic rings. The Labute approximate surface area is 136 Å². The normalized spacial score (nSPS) is 10.6. The van der Waals surface area contributed by atoms with Crippen LogP contribution in [0.3, 0.4) is 0 Å². The third-order valence-electron chi connectivity index (χ3n) is 3.36. The Morgan fingerprint density at radius 2 is 1.95 bits per heavy atom. The van der Waals surface area contributed by atoms with Gasteiger partial charge in [-0.25, -0.2) is 0 Å². The fourth-order valence-electron chi connectivity index (χ4n) is 2.22. The zero-order valence-electron chi connectivity index (χ0n) is 13.0. The molecule has 4 heteroatoms. The van der Waals surface area contributed by atoms with Gasteiger partial charge in [0.25, 0.3) is 5.91 Å². The number of aryl methyl sites for hydroxylation is 1. The monoisotopic (exact) mass is 317 g/mol. The number of ether oxygens (including phenoxy) is 1. The van der Waals surface area contributed by atoms with Crippen LogP contribution in [-0.2, 0) is 4.79 Å². The first-order valence-electron chi connectivity index (χ1n) is 7.25. The molecular formula is C18H20ClNO2. The maximum Gasteiger partial charge on any atom is 0.262 e. The molecule has 0 saturated heterocycles. The van der Waals surface area contributed by atoms with E-state index < -0.39 is 0 Å². The van der Waals surface area contributed by atoms with Crippen LogP contribution in [0.15, 0.2) is 42.5 Å². The second-order valence-corrected chi connectivity index (χ2v) is 5.92. The maximum absolute atomic E-state index is 12.1. The van der Waals surface area contributed by atoms with Crippen molar-refractivity contribution < 1.29 is 9.53 Å². The van der Waals surface area contributed by atoms with Crippen LogP contribution < -0.4 is 10.1 Å². The maximum atomic E-state index is 12.1. The Hall–Kier alpha value is -2.00. The van der Waals surface area contributed by atoms with Crippen molar-refractivity contribution in [2.75, 3.05) is 11.9 Å². The predicted molar refractivity (Wildman–Crippen MR) is 90.8 cm³/mol. The van der Waals surface area contributed by atoms with Crippen LogP contribution in [0.2, 0.25) is 5.02 Å². The molecule has 0 radical (unpaired) electrons. The van der Waals surface area contributed by atoms with Gasteiger partial charge in [0.05, 0.1) is 0 Å².